The molecule has 0 bridgehead atoms. The minimum Gasteiger partial charge on any atom is -0.391 e. The molecule has 1 saturated carbocycles. The quantitative estimate of drug-likeness (QED) is 0.900. The molecule has 1 aliphatic carbocycles. The summed E-state index contributed by atoms with van der Waals surface area (Å²) >= 11 is 5.88. The predicted octanol–water partition coefficient (Wildman–Crippen LogP) is 3.04. The molecule has 1 fully saturated rings. The fourth-order valence-corrected chi connectivity index (χ4v) is 2.75. The molecule has 0 aromatic heterocycles. The highest BCUT2D eigenvalue weighted by atomic mass is 35.5. The summed E-state index contributed by atoms with van der Waals surface area (Å²) in [5, 5.41) is 13.6. The second-order valence-corrected chi connectivity index (χ2v) is 6.50. The van der Waals surface area contributed by atoms with Crippen LogP contribution >= 0.6 is 11.6 Å². The van der Waals surface area contributed by atoms with E-state index in [1.165, 1.54) is 0 Å². The van der Waals surface area contributed by atoms with Crippen LogP contribution in [0.2, 0.25) is 5.02 Å². The lowest BCUT2D eigenvalue weighted by Gasteiger charge is -2.32. The third-order valence-electron chi connectivity index (χ3n) is 4.18. The van der Waals surface area contributed by atoms with Crippen molar-refractivity contribution in [2.24, 2.45) is 0 Å². The molecule has 0 radical (unpaired) electrons. The standard InChI is InChI=1S/C16H22ClNO2/c1-16(2,11-7-9-12(17)10-8-11)15(20)18-13-5-3-4-6-14(13)19/h7-10,13-14,19H,3-6H2,1-2H3,(H,18,20)/t13-,14-/m1/s1. The number of nitrogens with one attached hydrogen (secondary N) is 1. The highest BCUT2D eigenvalue weighted by Crippen LogP contribution is 2.26. The maximum absolute atomic E-state index is 12.5. The minimum atomic E-state index is -0.637. The van der Waals surface area contributed by atoms with E-state index in [1.54, 1.807) is 12.1 Å². The van der Waals surface area contributed by atoms with Crippen LogP contribution in [0.15, 0.2) is 24.3 Å². The Bertz CT molecular complexity index is 470. The van der Waals surface area contributed by atoms with Crippen molar-refractivity contribution < 1.29 is 9.90 Å². The van der Waals surface area contributed by atoms with Crippen LogP contribution in [-0.2, 0) is 10.2 Å². The van der Waals surface area contributed by atoms with Gasteiger partial charge in [0.05, 0.1) is 17.6 Å². The van der Waals surface area contributed by atoms with Crippen molar-refractivity contribution in [1.82, 2.24) is 5.32 Å². The van der Waals surface area contributed by atoms with Crippen molar-refractivity contribution in [2.45, 2.75) is 57.1 Å². The second-order valence-electron chi connectivity index (χ2n) is 6.06. The molecule has 0 heterocycles. The zero-order chi connectivity index (χ0) is 14.8. The molecule has 1 aliphatic rings. The highest BCUT2D eigenvalue weighted by molar-refractivity contribution is 6.30. The molecule has 1 amide bonds. The summed E-state index contributed by atoms with van der Waals surface area (Å²) in [6.45, 7) is 3.78. The topological polar surface area (TPSA) is 49.3 Å². The van der Waals surface area contributed by atoms with Crippen LogP contribution in [0, 0.1) is 0 Å². The summed E-state index contributed by atoms with van der Waals surface area (Å²) in [6, 6.07) is 7.21. The average molecular weight is 296 g/mol. The molecule has 0 aliphatic heterocycles. The molecule has 2 atom stereocenters. The van der Waals surface area contributed by atoms with E-state index in [9.17, 15) is 9.90 Å². The Balaban J connectivity index is 2.08. The van der Waals surface area contributed by atoms with E-state index in [4.69, 9.17) is 11.6 Å². The van der Waals surface area contributed by atoms with Crippen LogP contribution in [0.3, 0.4) is 0 Å². The second kappa shape index (κ2) is 6.15. The number of rotatable bonds is 3. The number of hydrogen-bond acceptors (Lipinski definition) is 2. The Morgan fingerprint density at radius 1 is 1.25 bits per heavy atom. The lowest BCUT2D eigenvalue weighted by Crippen LogP contribution is -2.50. The van der Waals surface area contributed by atoms with Gasteiger partial charge >= 0.3 is 0 Å². The molecule has 2 N–H and O–H groups in total. The highest BCUT2D eigenvalue weighted by Gasteiger charge is 2.33. The van der Waals surface area contributed by atoms with Crippen molar-refractivity contribution in [3.8, 4) is 0 Å². The number of benzene rings is 1. The van der Waals surface area contributed by atoms with Gasteiger partial charge in [-0.3, -0.25) is 4.79 Å². The number of aliphatic hydroxyl groups excluding tert-OH is 1. The van der Waals surface area contributed by atoms with Crippen molar-refractivity contribution >= 4 is 17.5 Å². The van der Waals surface area contributed by atoms with Gasteiger partial charge in [0.1, 0.15) is 0 Å². The Hall–Kier alpha value is -1.06. The lowest BCUT2D eigenvalue weighted by molar-refractivity contribution is -0.127. The Morgan fingerprint density at radius 3 is 2.45 bits per heavy atom. The van der Waals surface area contributed by atoms with E-state index in [0.717, 1.165) is 31.2 Å². The van der Waals surface area contributed by atoms with Gasteiger partial charge in [-0.25, -0.2) is 0 Å². The molecular formula is C16H22ClNO2. The third kappa shape index (κ3) is 3.33. The molecule has 110 valence electrons. The molecule has 0 spiro atoms. The van der Waals surface area contributed by atoms with E-state index in [2.05, 4.69) is 5.32 Å². The van der Waals surface area contributed by atoms with E-state index in [1.807, 2.05) is 26.0 Å². The number of halogens is 1. The van der Waals surface area contributed by atoms with E-state index in [0.29, 0.717) is 5.02 Å². The first-order chi connectivity index (χ1) is 9.41. The lowest BCUT2D eigenvalue weighted by atomic mass is 9.82. The van der Waals surface area contributed by atoms with Crippen LogP contribution in [0.5, 0.6) is 0 Å². The van der Waals surface area contributed by atoms with Crippen LogP contribution in [0.1, 0.15) is 45.1 Å². The summed E-state index contributed by atoms with van der Waals surface area (Å²) in [5.41, 5.74) is 0.284. The molecule has 2 rings (SSSR count). The van der Waals surface area contributed by atoms with E-state index >= 15 is 0 Å². The fraction of sp³-hybridized carbons (Fsp3) is 0.562. The number of aliphatic hydroxyl groups is 1. The molecule has 1 aromatic rings. The first kappa shape index (κ1) is 15.3. The maximum Gasteiger partial charge on any atom is 0.230 e. The number of carbonyl (C=O) groups excluding carboxylic acids is 1. The number of hydrogen-bond donors (Lipinski definition) is 2. The van der Waals surface area contributed by atoms with Crippen LogP contribution in [-0.4, -0.2) is 23.2 Å². The normalized spacial score (nSPS) is 23.4. The van der Waals surface area contributed by atoms with Gasteiger partial charge in [-0.2, -0.15) is 0 Å². The summed E-state index contributed by atoms with van der Waals surface area (Å²) in [7, 11) is 0. The van der Waals surface area contributed by atoms with Gasteiger partial charge in [0.2, 0.25) is 5.91 Å². The third-order valence-corrected chi connectivity index (χ3v) is 4.43. The first-order valence-corrected chi connectivity index (χ1v) is 7.54. The summed E-state index contributed by atoms with van der Waals surface area (Å²) in [4.78, 5) is 12.5. The van der Waals surface area contributed by atoms with Gasteiger partial charge in [-0.05, 0) is 44.4 Å². The Labute approximate surface area is 125 Å². The van der Waals surface area contributed by atoms with Crippen molar-refractivity contribution in [2.75, 3.05) is 0 Å². The molecule has 0 saturated heterocycles. The van der Waals surface area contributed by atoms with Crippen LogP contribution in [0.4, 0.5) is 0 Å². The van der Waals surface area contributed by atoms with Gasteiger partial charge < -0.3 is 10.4 Å². The maximum atomic E-state index is 12.5. The molecule has 20 heavy (non-hydrogen) atoms. The first-order valence-electron chi connectivity index (χ1n) is 7.16. The summed E-state index contributed by atoms with van der Waals surface area (Å²) in [5.74, 6) is -0.0502. The van der Waals surface area contributed by atoms with Gasteiger partial charge in [0, 0.05) is 5.02 Å². The zero-order valence-electron chi connectivity index (χ0n) is 12.0. The average Bonchev–Trinajstić information content (AvgIpc) is 2.41. The van der Waals surface area contributed by atoms with E-state index in [-0.39, 0.29) is 11.9 Å². The van der Waals surface area contributed by atoms with Crippen molar-refractivity contribution in [3.63, 3.8) is 0 Å². The Kier molecular flexibility index (Phi) is 4.71. The largest absolute Gasteiger partial charge is 0.391 e. The molecule has 0 unspecified atom stereocenters. The van der Waals surface area contributed by atoms with Gasteiger partial charge in [-0.1, -0.05) is 36.6 Å². The number of amides is 1. The van der Waals surface area contributed by atoms with Gasteiger partial charge in [0.15, 0.2) is 0 Å². The smallest absolute Gasteiger partial charge is 0.230 e. The fourth-order valence-electron chi connectivity index (χ4n) is 2.63. The van der Waals surface area contributed by atoms with Crippen LogP contribution in [0.25, 0.3) is 0 Å². The summed E-state index contributed by atoms with van der Waals surface area (Å²) in [6.07, 6.45) is 3.29. The molecule has 1 aromatic carbocycles. The van der Waals surface area contributed by atoms with Gasteiger partial charge in [0.25, 0.3) is 0 Å². The molecular weight excluding hydrogens is 274 g/mol. The monoisotopic (exact) mass is 295 g/mol. The van der Waals surface area contributed by atoms with E-state index < -0.39 is 11.5 Å². The van der Waals surface area contributed by atoms with Crippen molar-refractivity contribution in [1.29, 1.82) is 0 Å². The zero-order valence-corrected chi connectivity index (χ0v) is 12.8. The number of carbonyl (C=O) groups is 1. The predicted molar refractivity (Wildman–Crippen MR) is 80.9 cm³/mol. The van der Waals surface area contributed by atoms with Crippen molar-refractivity contribution in [3.05, 3.63) is 34.9 Å². The molecule has 4 heteroatoms. The minimum absolute atomic E-state index is 0.0502. The SMILES string of the molecule is CC(C)(C(=O)N[C@@H]1CCCC[C@H]1O)c1ccc(Cl)cc1. The van der Waals surface area contributed by atoms with Crippen LogP contribution < -0.4 is 5.32 Å². The summed E-state index contributed by atoms with van der Waals surface area (Å²) < 4.78 is 0. The van der Waals surface area contributed by atoms with Gasteiger partial charge in [-0.15, -0.1) is 0 Å². The Morgan fingerprint density at radius 2 is 1.85 bits per heavy atom. The molecule has 3 nitrogen and oxygen atoms in total.